The minimum atomic E-state index is -0.741. The SMILES string of the molecule is Cc1nn(CCC(=O)N[C@@]2(c3ccccc3)CCNC[C@H]2O)c(C)c1C. The van der Waals surface area contributed by atoms with E-state index in [-0.39, 0.29) is 5.91 Å². The molecule has 26 heavy (non-hydrogen) atoms. The number of rotatable bonds is 5. The van der Waals surface area contributed by atoms with Gasteiger partial charge in [0.25, 0.3) is 0 Å². The molecule has 0 radical (unpaired) electrons. The van der Waals surface area contributed by atoms with Gasteiger partial charge in [0.05, 0.1) is 17.3 Å². The van der Waals surface area contributed by atoms with Gasteiger partial charge in [-0.3, -0.25) is 9.48 Å². The summed E-state index contributed by atoms with van der Waals surface area (Å²) in [7, 11) is 0. The summed E-state index contributed by atoms with van der Waals surface area (Å²) in [5.41, 5.74) is 3.46. The molecule has 3 rings (SSSR count). The van der Waals surface area contributed by atoms with Crippen molar-refractivity contribution in [3.05, 3.63) is 52.8 Å². The molecule has 2 aromatic rings. The third-order valence-corrected chi connectivity index (χ3v) is 5.55. The molecule has 3 N–H and O–H groups in total. The molecule has 6 nitrogen and oxygen atoms in total. The Bertz CT molecular complexity index is 772. The van der Waals surface area contributed by atoms with Gasteiger partial charge >= 0.3 is 0 Å². The summed E-state index contributed by atoms with van der Waals surface area (Å²) in [6.45, 7) is 7.80. The maximum Gasteiger partial charge on any atom is 0.222 e. The van der Waals surface area contributed by atoms with Gasteiger partial charge in [0, 0.05) is 25.2 Å². The quantitative estimate of drug-likeness (QED) is 0.760. The van der Waals surface area contributed by atoms with Crippen molar-refractivity contribution in [2.45, 2.75) is 51.8 Å². The Morgan fingerprint density at radius 2 is 2.08 bits per heavy atom. The van der Waals surface area contributed by atoms with Crippen LogP contribution in [0.5, 0.6) is 0 Å². The molecule has 1 amide bonds. The lowest BCUT2D eigenvalue weighted by Crippen LogP contribution is -2.61. The number of aliphatic hydroxyl groups excluding tert-OH is 1. The van der Waals surface area contributed by atoms with Crippen LogP contribution in [0.3, 0.4) is 0 Å². The van der Waals surface area contributed by atoms with Crippen LogP contribution < -0.4 is 10.6 Å². The van der Waals surface area contributed by atoms with Crippen LogP contribution in [0.2, 0.25) is 0 Å². The van der Waals surface area contributed by atoms with E-state index in [4.69, 9.17) is 0 Å². The summed E-state index contributed by atoms with van der Waals surface area (Å²) in [6.07, 6.45) is 0.317. The molecule has 1 aliphatic rings. The van der Waals surface area contributed by atoms with E-state index in [9.17, 15) is 9.90 Å². The van der Waals surface area contributed by atoms with Gasteiger partial charge in [-0.1, -0.05) is 30.3 Å². The van der Waals surface area contributed by atoms with Gasteiger partial charge in [0.15, 0.2) is 0 Å². The van der Waals surface area contributed by atoms with E-state index < -0.39 is 11.6 Å². The number of piperidine rings is 1. The highest BCUT2D eigenvalue weighted by Gasteiger charge is 2.42. The molecule has 1 aromatic carbocycles. The first-order valence-corrected chi connectivity index (χ1v) is 9.20. The lowest BCUT2D eigenvalue weighted by Gasteiger charge is -2.43. The van der Waals surface area contributed by atoms with Crippen LogP contribution in [0.15, 0.2) is 30.3 Å². The largest absolute Gasteiger partial charge is 0.389 e. The van der Waals surface area contributed by atoms with Crippen molar-refractivity contribution < 1.29 is 9.90 Å². The van der Waals surface area contributed by atoms with E-state index >= 15 is 0 Å². The highest BCUT2D eigenvalue weighted by molar-refractivity contribution is 5.77. The third kappa shape index (κ3) is 3.52. The van der Waals surface area contributed by atoms with Gasteiger partial charge in [0.1, 0.15) is 0 Å². The monoisotopic (exact) mass is 356 g/mol. The fourth-order valence-corrected chi connectivity index (χ4v) is 3.68. The number of aromatic nitrogens is 2. The standard InChI is InChI=1S/C20H28N4O2/c1-14-15(2)23-24(16(14)3)12-9-19(26)22-20(10-11-21-13-18(20)25)17-7-5-4-6-8-17/h4-8,18,21,25H,9-13H2,1-3H3,(H,22,26)/t18-,20-/m1/s1. The summed E-state index contributed by atoms with van der Waals surface area (Å²) in [4.78, 5) is 12.7. The van der Waals surface area contributed by atoms with Gasteiger partial charge in [0.2, 0.25) is 5.91 Å². The summed E-state index contributed by atoms with van der Waals surface area (Å²) < 4.78 is 1.89. The van der Waals surface area contributed by atoms with Crippen molar-refractivity contribution in [3.8, 4) is 0 Å². The van der Waals surface area contributed by atoms with Crippen molar-refractivity contribution in [3.63, 3.8) is 0 Å². The van der Waals surface area contributed by atoms with Gasteiger partial charge < -0.3 is 15.7 Å². The molecule has 1 aliphatic heterocycles. The van der Waals surface area contributed by atoms with Crippen LogP contribution in [0.1, 0.15) is 35.4 Å². The number of carbonyl (C=O) groups is 1. The number of nitrogens with one attached hydrogen (secondary N) is 2. The lowest BCUT2D eigenvalue weighted by atomic mass is 9.79. The second-order valence-electron chi connectivity index (χ2n) is 7.12. The summed E-state index contributed by atoms with van der Waals surface area (Å²) in [6, 6.07) is 9.77. The van der Waals surface area contributed by atoms with Crippen molar-refractivity contribution in [1.29, 1.82) is 0 Å². The Balaban J connectivity index is 1.74. The molecule has 0 bridgehead atoms. The van der Waals surface area contributed by atoms with Crippen LogP contribution in [0.4, 0.5) is 0 Å². The Kier molecular flexibility index (Phi) is 5.44. The molecule has 0 spiro atoms. The maximum atomic E-state index is 12.7. The first-order valence-electron chi connectivity index (χ1n) is 9.20. The Morgan fingerprint density at radius 3 is 2.69 bits per heavy atom. The molecular formula is C20H28N4O2. The first-order chi connectivity index (χ1) is 12.4. The molecule has 1 aromatic heterocycles. The molecule has 1 saturated heterocycles. The highest BCUT2D eigenvalue weighted by atomic mass is 16.3. The van der Waals surface area contributed by atoms with E-state index in [1.807, 2.05) is 55.8 Å². The molecule has 0 saturated carbocycles. The molecule has 1 fully saturated rings. The third-order valence-electron chi connectivity index (χ3n) is 5.55. The minimum Gasteiger partial charge on any atom is -0.389 e. The van der Waals surface area contributed by atoms with Gasteiger partial charge in [-0.2, -0.15) is 5.10 Å². The summed E-state index contributed by atoms with van der Waals surface area (Å²) >= 11 is 0. The maximum absolute atomic E-state index is 12.7. The number of β-amino-alcohol motifs (C(OH)–C–C–N with tert-alkyl or cyclic N) is 1. The van der Waals surface area contributed by atoms with Crippen molar-refractivity contribution in [2.75, 3.05) is 13.1 Å². The van der Waals surface area contributed by atoms with Gasteiger partial charge in [-0.05, 0) is 44.9 Å². The van der Waals surface area contributed by atoms with Crippen LogP contribution in [0, 0.1) is 20.8 Å². The van der Waals surface area contributed by atoms with E-state index in [1.54, 1.807) is 0 Å². The van der Waals surface area contributed by atoms with Crippen LogP contribution in [0.25, 0.3) is 0 Å². The number of aryl methyl sites for hydroxylation is 2. The van der Waals surface area contributed by atoms with Crippen molar-refractivity contribution in [1.82, 2.24) is 20.4 Å². The average molecular weight is 356 g/mol. The van der Waals surface area contributed by atoms with Crippen molar-refractivity contribution in [2.24, 2.45) is 0 Å². The Morgan fingerprint density at radius 1 is 1.35 bits per heavy atom. The number of amides is 1. The lowest BCUT2D eigenvalue weighted by molar-refractivity contribution is -0.126. The summed E-state index contributed by atoms with van der Waals surface area (Å²) in [5, 5.41) is 21.5. The second kappa shape index (κ2) is 7.60. The van der Waals surface area contributed by atoms with E-state index in [0.29, 0.717) is 25.9 Å². The highest BCUT2D eigenvalue weighted by Crippen LogP contribution is 2.31. The van der Waals surface area contributed by atoms with Crippen molar-refractivity contribution >= 4 is 5.91 Å². The zero-order valence-electron chi connectivity index (χ0n) is 15.7. The molecule has 140 valence electrons. The number of hydrogen-bond acceptors (Lipinski definition) is 4. The Labute approximate surface area is 154 Å². The van der Waals surface area contributed by atoms with Gasteiger partial charge in [-0.25, -0.2) is 0 Å². The zero-order valence-corrected chi connectivity index (χ0v) is 15.7. The predicted octanol–water partition coefficient (Wildman–Crippen LogP) is 1.56. The van der Waals surface area contributed by atoms with E-state index in [0.717, 1.165) is 23.5 Å². The van der Waals surface area contributed by atoms with Crippen LogP contribution in [-0.4, -0.2) is 40.0 Å². The number of aliphatic hydroxyl groups is 1. The predicted molar refractivity (Wildman–Crippen MR) is 101 cm³/mol. The molecule has 2 heterocycles. The van der Waals surface area contributed by atoms with Crippen LogP contribution >= 0.6 is 0 Å². The minimum absolute atomic E-state index is 0.0694. The topological polar surface area (TPSA) is 79.2 Å². The number of benzene rings is 1. The smallest absolute Gasteiger partial charge is 0.222 e. The number of nitrogens with zero attached hydrogens (tertiary/aromatic N) is 2. The first kappa shape index (κ1) is 18.6. The fraction of sp³-hybridized carbons (Fsp3) is 0.500. The fourth-order valence-electron chi connectivity index (χ4n) is 3.68. The Hall–Kier alpha value is -2.18. The molecular weight excluding hydrogens is 328 g/mol. The van der Waals surface area contributed by atoms with E-state index in [1.165, 1.54) is 5.56 Å². The molecule has 6 heteroatoms. The molecule has 0 unspecified atom stereocenters. The summed E-state index contributed by atoms with van der Waals surface area (Å²) in [5.74, 6) is -0.0694. The molecule has 2 atom stereocenters. The number of hydrogen-bond donors (Lipinski definition) is 3. The van der Waals surface area contributed by atoms with Gasteiger partial charge in [-0.15, -0.1) is 0 Å². The zero-order chi connectivity index (χ0) is 18.7. The van der Waals surface area contributed by atoms with Crippen LogP contribution in [-0.2, 0) is 16.9 Å². The molecule has 0 aliphatic carbocycles. The normalized spacial score (nSPS) is 23.0. The number of carbonyl (C=O) groups excluding carboxylic acids is 1. The average Bonchev–Trinajstić information content (AvgIpc) is 2.89. The van der Waals surface area contributed by atoms with E-state index in [2.05, 4.69) is 15.7 Å². The second-order valence-corrected chi connectivity index (χ2v) is 7.12.